The molecule has 1 aliphatic rings. The van der Waals surface area contributed by atoms with Crippen molar-refractivity contribution in [3.05, 3.63) is 0 Å². The molecule has 0 bridgehead atoms. The molecule has 3 heteroatoms. The van der Waals surface area contributed by atoms with Crippen molar-refractivity contribution in [1.29, 1.82) is 0 Å². The van der Waals surface area contributed by atoms with Gasteiger partial charge in [-0.2, -0.15) is 0 Å². The molecule has 0 radical (unpaired) electrons. The number of hydrogen-bond acceptors (Lipinski definition) is 1. The van der Waals surface area contributed by atoms with Gasteiger partial charge in [-0.25, -0.2) is 0 Å². The van der Waals surface area contributed by atoms with Gasteiger partial charge in [0.15, 0.2) is 0 Å². The van der Waals surface area contributed by atoms with E-state index in [1.54, 1.807) is 0 Å². The predicted molar refractivity (Wildman–Crippen MR) is 54.2 cm³/mol. The predicted octanol–water partition coefficient (Wildman–Crippen LogP) is 3.04. The van der Waals surface area contributed by atoms with Crippen molar-refractivity contribution in [1.82, 2.24) is 0 Å². The van der Waals surface area contributed by atoms with Crippen LogP contribution in [0.3, 0.4) is 0 Å². The van der Waals surface area contributed by atoms with E-state index >= 15 is 0 Å². The highest BCUT2D eigenvalue weighted by molar-refractivity contribution is 9.24. The van der Waals surface area contributed by atoms with Crippen LogP contribution in [-0.2, 0) is 0 Å². The summed E-state index contributed by atoms with van der Waals surface area (Å²) in [6.45, 7) is 2.12. The Hall–Kier alpha value is 0.920. The number of alkyl halides is 2. The summed E-state index contributed by atoms with van der Waals surface area (Å²) in [5.41, 5.74) is -0.530. The smallest absolute Gasteiger partial charge is 0.0986 e. The second-order valence-corrected chi connectivity index (χ2v) is 6.50. The molecule has 1 fully saturated rings. The maximum Gasteiger partial charge on any atom is 0.0986 e. The van der Waals surface area contributed by atoms with Gasteiger partial charge in [0.25, 0.3) is 0 Å². The van der Waals surface area contributed by atoms with Gasteiger partial charge in [-0.05, 0) is 18.8 Å². The summed E-state index contributed by atoms with van der Waals surface area (Å²) in [6, 6.07) is 0. The van der Waals surface area contributed by atoms with Gasteiger partial charge in [0.2, 0.25) is 0 Å². The SMILES string of the molecule is CC1CCCCC1(O)C(Br)Br. The molecule has 1 N–H and O–H groups in total. The highest BCUT2D eigenvalue weighted by Gasteiger charge is 2.40. The molecule has 1 rings (SSSR count). The van der Waals surface area contributed by atoms with Crippen LogP contribution in [0, 0.1) is 5.92 Å². The third-order valence-electron chi connectivity index (χ3n) is 2.70. The van der Waals surface area contributed by atoms with E-state index in [4.69, 9.17) is 0 Å². The Morgan fingerprint density at radius 2 is 2.09 bits per heavy atom. The molecule has 0 spiro atoms. The molecule has 66 valence electrons. The summed E-state index contributed by atoms with van der Waals surface area (Å²) in [5.74, 6) is 0.403. The second kappa shape index (κ2) is 3.75. The summed E-state index contributed by atoms with van der Waals surface area (Å²) in [5, 5.41) is 10.1. The lowest BCUT2D eigenvalue weighted by molar-refractivity contribution is -0.0237. The molecule has 0 saturated heterocycles. The Morgan fingerprint density at radius 1 is 1.45 bits per heavy atom. The van der Waals surface area contributed by atoms with Crippen molar-refractivity contribution in [2.75, 3.05) is 0 Å². The summed E-state index contributed by atoms with van der Waals surface area (Å²) in [7, 11) is 0. The van der Waals surface area contributed by atoms with E-state index in [0.29, 0.717) is 5.92 Å². The minimum Gasteiger partial charge on any atom is -0.388 e. The Morgan fingerprint density at radius 3 is 2.45 bits per heavy atom. The van der Waals surface area contributed by atoms with Gasteiger partial charge in [0, 0.05) is 0 Å². The van der Waals surface area contributed by atoms with Gasteiger partial charge < -0.3 is 5.11 Å². The average Bonchev–Trinajstić information content (AvgIpc) is 1.95. The summed E-state index contributed by atoms with van der Waals surface area (Å²) in [6.07, 6.45) is 4.46. The lowest BCUT2D eigenvalue weighted by atomic mass is 9.78. The molecule has 0 aliphatic heterocycles. The van der Waals surface area contributed by atoms with Crippen LogP contribution in [0.5, 0.6) is 0 Å². The van der Waals surface area contributed by atoms with Crippen LogP contribution in [0.25, 0.3) is 0 Å². The van der Waals surface area contributed by atoms with E-state index < -0.39 is 5.60 Å². The van der Waals surface area contributed by atoms with Crippen LogP contribution in [0.4, 0.5) is 0 Å². The number of hydrogen-bond donors (Lipinski definition) is 1. The van der Waals surface area contributed by atoms with Gasteiger partial charge >= 0.3 is 0 Å². The van der Waals surface area contributed by atoms with Crippen LogP contribution < -0.4 is 0 Å². The first-order chi connectivity index (χ1) is 5.07. The molecule has 1 saturated carbocycles. The van der Waals surface area contributed by atoms with Crippen LogP contribution in [0.2, 0.25) is 0 Å². The third kappa shape index (κ3) is 1.99. The first-order valence-corrected chi connectivity index (χ1v) is 5.91. The Labute approximate surface area is 84.8 Å². The molecule has 2 unspecified atom stereocenters. The maximum atomic E-state index is 10.1. The first-order valence-electron chi connectivity index (χ1n) is 4.08. The lowest BCUT2D eigenvalue weighted by Gasteiger charge is -2.39. The Bertz CT molecular complexity index is 138. The normalized spacial score (nSPS) is 39.5. The molecular weight excluding hydrogens is 272 g/mol. The summed E-state index contributed by atoms with van der Waals surface area (Å²) in [4.78, 5) is 0. The molecule has 0 aromatic carbocycles. The largest absolute Gasteiger partial charge is 0.388 e. The van der Waals surface area contributed by atoms with Crippen LogP contribution in [0.15, 0.2) is 0 Å². The third-order valence-corrected chi connectivity index (χ3v) is 4.28. The van der Waals surface area contributed by atoms with Gasteiger partial charge in [0.05, 0.1) is 9.34 Å². The first kappa shape index (κ1) is 10.0. The van der Waals surface area contributed by atoms with Crippen molar-refractivity contribution in [3.8, 4) is 0 Å². The van der Waals surface area contributed by atoms with Crippen molar-refractivity contribution >= 4 is 31.9 Å². The van der Waals surface area contributed by atoms with Gasteiger partial charge in [0.1, 0.15) is 0 Å². The molecule has 2 atom stereocenters. The molecule has 0 aromatic heterocycles. The lowest BCUT2D eigenvalue weighted by Crippen LogP contribution is -2.44. The van der Waals surface area contributed by atoms with Crippen molar-refractivity contribution in [2.24, 2.45) is 5.92 Å². The number of halogens is 2. The van der Waals surface area contributed by atoms with Gasteiger partial charge in [-0.3, -0.25) is 0 Å². The summed E-state index contributed by atoms with van der Waals surface area (Å²) >= 11 is 6.80. The van der Waals surface area contributed by atoms with E-state index in [1.165, 1.54) is 6.42 Å². The van der Waals surface area contributed by atoms with Crippen molar-refractivity contribution in [3.63, 3.8) is 0 Å². The number of rotatable bonds is 1. The molecule has 1 aliphatic carbocycles. The monoisotopic (exact) mass is 284 g/mol. The van der Waals surface area contributed by atoms with E-state index in [1.807, 2.05) is 0 Å². The van der Waals surface area contributed by atoms with Gasteiger partial charge in [-0.1, -0.05) is 51.6 Å². The average molecular weight is 286 g/mol. The highest BCUT2D eigenvalue weighted by Crippen LogP contribution is 2.40. The molecule has 0 heterocycles. The zero-order valence-electron chi connectivity index (χ0n) is 6.69. The minimum atomic E-state index is -0.530. The van der Waals surface area contributed by atoms with E-state index in [9.17, 15) is 5.11 Å². The fourth-order valence-corrected chi connectivity index (χ4v) is 3.04. The minimum absolute atomic E-state index is 0.0396. The molecule has 1 nitrogen and oxygen atoms in total. The fourth-order valence-electron chi connectivity index (χ4n) is 1.68. The standard InChI is InChI=1S/C8H14Br2O/c1-6-4-2-3-5-8(6,11)7(9)10/h6-7,11H,2-5H2,1H3. The Balaban J connectivity index is 2.64. The van der Waals surface area contributed by atoms with E-state index in [-0.39, 0.29) is 3.74 Å². The van der Waals surface area contributed by atoms with Crippen LogP contribution in [0.1, 0.15) is 32.6 Å². The van der Waals surface area contributed by atoms with Crippen molar-refractivity contribution in [2.45, 2.75) is 41.9 Å². The highest BCUT2D eigenvalue weighted by atomic mass is 79.9. The van der Waals surface area contributed by atoms with Crippen LogP contribution in [-0.4, -0.2) is 14.4 Å². The molecule has 0 amide bonds. The molecule has 0 aromatic rings. The second-order valence-electron chi connectivity index (χ2n) is 3.44. The zero-order valence-corrected chi connectivity index (χ0v) is 9.86. The molecule has 11 heavy (non-hydrogen) atoms. The van der Waals surface area contributed by atoms with Crippen LogP contribution >= 0.6 is 31.9 Å². The zero-order chi connectivity index (χ0) is 8.48. The number of aliphatic hydroxyl groups is 1. The summed E-state index contributed by atoms with van der Waals surface area (Å²) < 4.78 is 0.0396. The van der Waals surface area contributed by atoms with E-state index in [0.717, 1.165) is 19.3 Å². The topological polar surface area (TPSA) is 20.2 Å². The van der Waals surface area contributed by atoms with Crippen molar-refractivity contribution < 1.29 is 5.11 Å². The fraction of sp³-hybridized carbons (Fsp3) is 1.00. The maximum absolute atomic E-state index is 10.1. The quantitative estimate of drug-likeness (QED) is 0.734. The molecular formula is C8H14Br2O. The van der Waals surface area contributed by atoms with E-state index in [2.05, 4.69) is 38.8 Å². The van der Waals surface area contributed by atoms with Gasteiger partial charge in [-0.15, -0.1) is 0 Å². The Kier molecular flexibility index (Phi) is 3.41.